The van der Waals surface area contributed by atoms with E-state index in [1.165, 1.54) is 0 Å². The molecule has 0 unspecified atom stereocenters. The maximum absolute atomic E-state index is 11.8. The Hall–Kier alpha value is -1.99. The van der Waals surface area contributed by atoms with Crippen LogP contribution in [0, 0.1) is 5.21 Å². The molecule has 0 N–H and O–H groups in total. The molecule has 8 heteroatoms. The highest BCUT2D eigenvalue weighted by atomic mass is 19.4. The van der Waals surface area contributed by atoms with Gasteiger partial charge in [-0.05, 0) is 17.0 Å². The van der Waals surface area contributed by atoms with Gasteiger partial charge in [-0.1, -0.05) is 0 Å². The summed E-state index contributed by atoms with van der Waals surface area (Å²) in [5, 5.41) is 14.0. The molecule has 0 saturated carbocycles. The Kier molecular flexibility index (Phi) is 1.92. The molecule has 0 radical (unpaired) electrons. The summed E-state index contributed by atoms with van der Waals surface area (Å²) in [4.78, 5) is 0.0900. The number of aromatic nitrogens is 2. The van der Waals surface area contributed by atoms with Gasteiger partial charge in [-0.3, -0.25) is 4.63 Å². The maximum atomic E-state index is 11.8. The number of halogens is 3. The zero-order valence-corrected chi connectivity index (χ0v) is 6.99. The predicted octanol–water partition coefficient (Wildman–Crippen LogP) is 1.36. The molecule has 0 saturated heterocycles. The van der Waals surface area contributed by atoms with Gasteiger partial charge >= 0.3 is 6.36 Å². The van der Waals surface area contributed by atoms with Crippen LogP contribution in [0.2, 0.25) is 0 Å². The third-order valence-corrected chi connectivity index (χ3v) is 1.59. The minimum atomic E-state index is -4.77. The number of hydrogen-bond donors (Lipinski definition) is 0. The molecule has 1 aromatic carbocycles. The number of hydrogen-bond acceptors (Lipinski definition) is 4. The van der Waals surface area contributed by atoms with Crippen LogP contribution in [0.5, 0.6) is 5.75 Å². The first-order chi connectivity index (χ1) is 6.96. The van der Waals surface area contributed by atoms with Crippen molar-refractivity contribution < 1.29 is 27.4 Å². The lowest BCUT2D eigenvalue weighted by atomic mass is 10.3. The van der Waals surface area contributed by atoms with E-state index in [4.69, 9.17) is 0 Å². The van der Waals surface area contributed by atoms with Gasteiger partial charge in [0.15, 0.2) is 0 Å². The fraction of sp³-hybridized carbons (Fsp3) is 0.143. The zero-order chi connectivity index (χ0) is 11.1. The summed E-state index contributed by atoms with van der Waals surface area (Å²) in [6.45, 7) is 0. The molecule has 1 aromatic heterocycles. The quantitative estimate of drug-likeness (QED) is 0.680. The van der Waals surface area contributed by atoms with Gasteiger partial charge in [0.1, 0.15) is 5.75 Å². The van der Waals surface area contributed by atoms with Crippen LogP contribution < -0.4 is 9.64 Å². The number of fused-ring (bicyclic) bond motifs is 1. The number of benzene rings is 1. The Balaban J connectivity index is 2.39. The van der Waals surface area contributed by atoms with E-state index in [2.05, 4.69) is 14.5 Å². The van der Waals surface area contributed by atoms with Crippen molar-refractivity contribution in [1.29, 1.82) is 0 Å². The van der Waals surface area contributed by atoms with Gasteiger partial charge in [0.25, 0.3) is 5.52 Å². The molecule has 0 bridgehead atoms. The molecular weight excluding hydrogens is 217 g/mol. The molecule has 2 rings (SSSR count). The van der Waals surface area contributed by atoms with Gasteiger partial charge in [0.05, 0.1) is 0 Å². The lowest BCUT2D eigenvalue weighted by Gasteiger charge is -2.06. The van der Waals surface area contributed by atoms with Gasteiger partial charge in [0.2, 0.25) is 5.52 Å². The van der Waals surface area contributed by atoms with Gasteiger partial charge in [-0.25, -0.2) is 0 Å². The fourth-order valence-corrected chi connectivity index (χ4v) is 1.05. The van der Waals surface area contributed by atoms with E-state index < -0.39 is 12.1 Å². The molecule has 15 heavy (non-hydrogen) atoms. The van der Waals surface area contributed by atoms with E-state index in [-0.39, 0.29) is 15.9 Å². The second kappa shape index (κ2) is 3.01. The topological polar surface area (TPSA) is 62.2 Å². The van der Waals surface area contributed by atoms with Crippen LogP contribution >= 0.6 is 0 Å². The van der Waals surface area contributed by atoms with Crippen molar-refractivity contribution in [2.75, 3.05) is 0 Å². The third-order valence-electron chi connectivity index (χ3n) is 1.59. The van der Waals surface area contributed by atoms with E-state index in [9.17, 15) is 18.4 Å². The van der Waals surface area contributed by atoms with E-state index >= 15 is 0 Å². The Morgan fingerprint density at radius 3 is 2.80 bits per heavy atom. The summed E-state index contributed by atoms with van der Waals surface area (Å²) in [6, 6.07) is 3.09. The van der Waals surface area contributed by atoms with Crippen LogP contribution in [0.15, 0.2) is 22.8 Å². The molecule has 0 aliphatic carbocycles. The summed E-state index contributed by atoms with van der Waals surface area (Å²) < 4.78 is 43.2. The number of nitrogens with zero attached hydrogens (tertiary/aromatic N) is 2. The van der Waals surface area contributed by atoms with Gasteiger partial charge in [0, 0.05) is 11.2 Å². The van der Waals surface area contributed by atoms with Crippen molar-refractivity contribution in [3.05, 3.63) is 23.4 Å². The Labute approximate surface area is 80.2 Å². The lowest BCUT2D eigenvalue weighted by molar-refractivity contribution is -0.782. The highest BCUT2D eigenvalue weighted by Crippen LogP contribution is 2.24. The molecule has 0 aliphatic heterocycles. The molecular formula is C7H3F3N2O3. The summed E-state index contributed by atoms with van der Waals surface area (Å²) in [5.74, 6) is -0.455. The molecule has 0 atom stereocenters. The van der Waals surface area contributed by atoms with Gasteiger partial charge in [-0.15, -0.1) is 13.2 Å². The van der Waals surface area contributed by atoms with E-state index in [1.54, 1.807) is 0 Å². The highest BCUT2D eigenvalue weighted by Gasteiger charge is 2.31. The normalized spacial score (nSPS) is 11.9. The molecule has 5 nitrogen and oxygen atoms in total. The predicted molar refractivity (Wildman–Crippen MR) is 39.7 cm³/mol. The lowest BCUT2D eigenvalue weighted by Crippen LogP contribution is -2.22. The van der Waals surface area contributed by atoms with E-state index in [1.807, 2.05) is 0 Å². The summed E-state index contributed by atoms with van der Waals surface area (Å²) in [7, 11) is 0. The van der Waals surface area contributed by atoms with Crippen LogP contribution in [0.25, 0.3) is 11.0 Å². The monoisotopic (exact) mass is 220 g/mol. The van der Waals surface area contributed by atoms with Crippen molar-refractivity contribution in [3.8, 4) is 5.75 Å². The Morgan fingerprint density at radius 1 is 1.40 bits per heavy atom. The first-order valence-electron chi connectivity index (χ1n) is 3.71. The smallest absolute Gasteiger partial charge is 0.406 e. The van der Waals surface area contributed by atoms with E-state index in [0.29, 0.717) is 0 Å². The summed E-state index contributed by atoms with van der Waals surface area (Å²) >= 11 is 0. The van der Waals surface area contributed by atoms with Crippen molar-refractivity contribution >= 4 is 11.0 Å². The molecule has 1 heterocycles. The number of rotatable bonds is 1. The second-order valence-electron chi connectivity index (χ2n) is 2.63. The standard InChI is InChI=1S/C7H3F3N2O3/c8-7(9,10)14-4-1-2-6-5(3-4)11-15-12(6)13/h1-3H. The summed E-state index contributed by atoms with van der Waals surface area (Å²) in [5.41, 5.74) is 0.0243. The first kappa shape index (κ1) is 9.56. The van der Waals surface area contributed by atoms with Crippen LogP contribution in [-0.4, -0.2) is 11.5 Å². The van der Waals surface area contributed by atoms with Gasteiger partial charge in [-0.2, -0.15) is 0 Å². The van der Waals surface area contributed by atoms with Gasteiger partial charge < -0.3 is 9.94 Å². The maximum Gasteiger partial charge on any atom is 0.573 e. The highest BCUT2D eigenvalue weighted by molar-refractivity contribution is 5.72. The Bertz CT molecular complexity index is 494. The van der Waals surface area contributed by atoms with Crippen LogP contribution in [-0.2, 0) is 0 Å². The number of ether oxygens (including phenoxy) is 1. The molecule has 0 aliphatic rings. The summed E-state index contributed by atoms with van der Waals surface area (Å²) in [6.07, 6.45) is -4.77. The zero-order valence-electron chi connectivity index (χ0n) is 6.99. The molecule has 0 amide bonds. The minimum Gasteiger partial charge on any atom is -0.406 e. The molecule has 80 valence electrons. The SMILES string of the molecule is [O-][n+]1onc2cc(OC(F)(F)F)ccc21. The number of alkyl halides is 3. The first-order valence-corrected chi connectivity index (χ1v) is 3.71. The molecule has 0 fully saturated rings. The van der Waals surface area contributed by atoms with Crippen molar-refractivity contribution in [2.45, 2.75) is 6.36 Å². The second-order valence-corrected chi connectivity index (χ2v) is 2.63. The molecule has 2 aromatic rings. The largest absolute Gasteiger partial charge is 0.573 e. The van der Waals surface area contributed by atoms with Crippen LogP contribution in [0.3, 0.4) is 0 Å². The van der Waals surface area contributed by atoms with Crippen LogP contribution in [0.1, 0.15) is 0 Å². The van der Waals surface area contributed by atoms with E-state index in [0.717, 1.165) is 18.2 Å². The fourth-order valence-electron chi connectivity index (χ4n) is 1.05. The average Bonchev–Trinajstić information content (AvgIpc) is 2.45. The van der Waals surface area contributed by atoms with Crippen molar-refractivity contribution in [1.82, 2.24) is 5.16 Å². The average molecular weight is 220 g/mol. The Morgan fingerprint density at radius 2 is 2.13 bits per heavy atom. The minimum absolute atomic E-state index is 0.00764. The van der Waals surface area contributed by atoms with Crippen molar-refractivity contribution in [2.24, 2.45) is 0 Å². The molecule has 0 spiro atoms. The third kappa shape index (κ3) is 1.92. The van der Waals surface area contributed by atoms with Crippen molar-refractivity contribution in [3.63, 3.8) is 0 Å². The van der Waals surface area contributed by atoms with Crippen LogP contribution in [0.4, 0.5) is 13.2 Å².